The van der Waals surface area contributed by atoms with Crippen LogP contribution in [0.1, 0.15) is 27.2 Å². The van der Waals surface area contributed by atoms with Crippen LogP contribution in [0.5, 0.6) is 0 Å². The Morgan fingerprint density at radius 1 is 1.73 bits per heavy atom. The molecule has 3 nitrogen and oxygen atoms in total. The summed E-state index contributed by atoms with van der Waals surface area (Å²) >= 11 is 0. The van der Waals surface area contributed by atoms with Gasteiger partial charge in [0.05, 0.1) is 6.07 Å². The average Bonchev–Trinajstić information content (AvgIpc) is 1.98. The summed E-state index contributed by atoms with van der Waals surface area (Å²) in [7, 11) is 0. The van der Waals surface area contributed by atoms with Crippen LogP contribution in [-0.2, 0) is 4.79 Å². The second-order valence-corrected chi connectivity index (χ2v) is 2.69. The summed E-state index contributed by atoms with van der Waals surface area (Å²) in [6.45, 7) is 5.37. The largest absolute Gasteiger partial charge is 0.340 e. The van der Waals surface area contributed by atoms with E-state index in [4.69, 9.17) is 5.26 Å². The Labute approximate surface area is 67.4 Å². The highest BCUT2D eigenvalue weighted by molar-refractivity contribution is 5.73. The van der Waals surface area contributed by atoms with E-state index < -0.39 is 0 Å². The van der Waals surface area contributed by atoms with Gasteiger partial charge in [-0.2, -0.15) is 5.26 Å². The van der Waals surface area contributed by atoms with Gasteiger partial charge in [0.25, 0.3) is 0 Å². The first kappa shape index (κ1) is 9.96. The minimum atomic E-state index is -0.336. The molecule has 0 rings (SSSR count). The van der Waals surface area contributed by atoms with E-state index in [9.17, 15) is 4.79 Å². The predicted molar refractivity (Wildman–Crippen MR) is 42.7 cm³/mol. The topological polar surface area (TPSA) is 52.9 Å². The van der Waals surface area contributed by atoms with Crippen LogP contribution in [0, 0.1) is 17.2 Å². The van der Waals surface area contributed by atoms with Gasteiger partial charge in [0.15, 0.2) is 0 Å². The third-order valence-corrected chi connectivity index (χ3v) is 1.71. The first-order chi connectivity index (χ1) is 5.11. The number of rotatable bonds is 3. The molecule has 0 fully saturated rings. The lowest BCUT2D eigenvalue weighted by atomic mass is 10.0. The summed E-state index contributed by atoms with van der Waals surface area (Å²) in [5, 5.41) is 11.2. The lowest BCUT2D eigenvalue weighted by Crippen LogP contribution is -2.36. The molecule has 11 heavy (non-hydrogen) atoms. The third kappa shape index (κ3) is 3.61. The zero-order valence-electron chi connectivity index (χ0n) is 7.22. The van der Waals surface area contributed by atoms with Crippen molar-refractivity contribution in [1.82, 2.24) is 5.32 Å². The molecular weight excluding hydrogens is 140 g/mol. The summed E-state index contributed by atoms with van der Waals surface area (Å²) in [5.41, 5.74) is 0. The quantitative estimate of drug-likeness (QED) is 0.660. The van der Waals surface area contributed by atoms with Crippen LogP contribution in [0.15, 0.2) is 0 Å². The van der Waals surface area contributed by atoms with Crippen LogP contribution in [0.4, 0.5) is 0 Å². The summed E-state index contributed by atoms with van der Waals surface area (Å²) in [5.74, 6) is 0.0840. The van der Waals surface area contributed by atoms with E-state index in [0.717, 1.165) is 6.42 Å². The van der Waals surface area contributed by atoms with Gasteiger partial charge < -0.3 is 5.32 Å². The van der Waals surface area contributed by atoms with E-state index in [-0.39, 0.29) is 17.9 Å². The monoisotopic (exact) mass is 154 g/mol. The molecule has 62 valence electrons. The summed E-state index contributed by atoms with van der Waals surface area (Å²) in [4.78, 5) is 10.6. The second-order valence-electron chi connectivity index (χ2n) is 2.69. The maximum absolute atomic E-state index is 10.6. The Morgan fingerprint density at radius 2 is 2.27 bits per heavy atom. The van der Waals surface area contributed by atoms with E-state index in [1.807, 2.05) is 13.8 Å². The molecule has 0 heterocycles. The highest BCUT2D eigenvalue weighted by Crippen LogP contribution is 2.05. The van der Waals surface area contributed by atoms with Crippen LogP contribution in [0.2, 0.25) is 0 Å². The first-order valence-corrected chi connectivity index (χ1v) is 3.78. The van der Waals surface area contributed by atoms with Crippen molar-refractivity contribution in [3.8, 4) is 6.07 Å². The maximum Gasteiger partial charge on any atom is 0.217 e. The average molecular weight is 154 g/mol. The third-order valence-electron chi connectivity index (χ3n) is 1.71. The molecule has 0 aromatic carbocycles. The van der Waals surface area contributed by atoms with Crippen LogP contribution < -0.4 is 5.32 Å². The molecule has 0 aliphatic carbocycles. The van der Waals surface area contributed by atoms with Crippen molar-refractivity contribution in [1.29, 1.82) is 5.26 Å². The Hall–Kier alpha value is -1.04. The van der Waals surface area contributed by atoms with Gasteiger partial charge in [-0.05, 0) is 5.92 Å². The molecule has 2 atom stereocenters. The molecule has 0 bridgehead atoms. The van der Waals surface area contributed by atoms with E-state index >= 15 is 0 Å². The summed E-state index contributed by atoms with van der Waals surface area (Å²) < 4.78 is 0. The molecule has 1 N–H and O–H groups in total. The molecular formula is C8H14N2O. The number of amides is 1. The van der Waals surface area contributed by atoms with Gasteiger partial charge in [-0.15, -0.1) is 0 Å². The fourth-order valence-corrected chi connectivity index (χ4v) is 0.756. The SMILES string of the molecule is CC[C@H](C)C(C#N)NC(C)=O. The predicted octanol–water partition coefficient (Wildman–Crippen LogP) is 1.06. The lowest BCUT2D eigenvalue weighted by Gasteiger charge is -2.15. The molecule has 3 heteroatoms. The summed E-state index contributed by atoms with van der Waals surface area (Å²) in [6, 6.07) is 1.72. The van der Waals surface area contributed by atoms with E-state index in [1.165, 1.54) is 6.92 Å². The molecule has 0 aliphatic rings. The number of nitrogens with zero attached hydrogens (tertiary/aromatic N) is 1. The van der Waals surface area contributed by atoms with E-state index in [2.05, 4.69) is 11.4 Å². The van der Waals surface area contributed by atoms with Gasteiger partial charge in [-0.25, -0.2) is 0 Å². The number of carbonyl (C=O) groups excluding carboxylic acids is 1. The molecule has 1 unspecified atom stereocenters. The van der Waals surface area contributed by atoms with Crippen molar-refractivity contribution < 1.29 is 4.79 Å². The normalized spacial score (nSPS) is 14.7. The molecule has 0 aliphatic heterocycles. The highest BCUT2D eigenvalue weighted by atomic mass is 16.1. The number of carbonyl (C=O) groups is 1. The lowest BCUT2D eigenvalue weighted by molar-refractivity contribution is -0.119. The van der Waals surface area contributed by atoms with Crippen LogP contribution in [0.25, 0.3) is 0 Å². The number of hydrogen-bond acceptors (Lipinski definition) is 2. The number of nitriles is 1. The fourth-order valence-electron chi connectivity index (χ4n) is 0.756. The van der Waals surface area contributed by atoms with Crippen molar-refractivity contribution >= 4 is 5.91 Å². The Bertz CT molecular complexity index is 171. The van der Waals surface area contributed by atoms with Crippen molar-refractivity contribution in [3.05, 3.63) is 0 Å². The molecule has 0 aromatic rings. The number of hydrogen-bond donors (Lipinski definition) is 1. The highest BCUT2D eigenvalue weighted by Gasteiger charge is 2.14. The van der Waals surface area contributed by atoms with Gasteiger partial charge in [0.1, 0.15) is 6.04 Å². The second kappa shape index (κ2) is 4.73. The smallest absolute Gasteiger partial charge is 0.217 e. The molecule has 0 saturated heterocycles. The Kier molecular flexibility index (Phi) is 4.28. The molecule has 0 radical (unpaired) electrons. The standard InChI is InChI=1S/C8H14N2O/c1-4-6(2)8(5-9)10-7(3)11/h6,8H,4H2,1-3H3,(H,10,11)/t6-,8?/m0/s1. The van der Waals surface area contributed by atoms with Crippen molar-refractivity contribution in [2.24, 2.45) is 5.92 Å². The van der Waals surface area contributed by atoms with Gasteiger partial charge in [-0.1, -0.05) is 20.3 Å². The van der Waals surface area contributed by atoms with Gasteiger partial charge >= 0.3 is 0 Å². The Morgan fingerprint density at radius 3 is 2.55 bits per heavy atom. The number of nitrogens with one attached hydrogen (secondary N) is 1. The van der Waals surface area contributed by atoms with Crippen LogP contribution in [0.3, 0.4) is 0 Å². The molecule has 0 spiro atoms. The van der Waals surface area contributed by atoms with Crippen molar-refractivity contribution in [2.45, 2.75) is 33.2 Å². The van der Waals surface area contributed by atoms with Gasteiger partial charge in [0.2, 0.25) is 5.91 Å². The van der Waals surface area contributed by atoms with Gasteiger partial charge in [0, 0.05) is 6.92 Å². The van der Waals surface area contributed by atoms with Crippen LogP contribution in [-0.4, -0.2) is 11.9 Å². The Balaban J connectivity index is 3.97. The maximum atomic E-state index is 10.6. The van der Waals surface area contributed by atoms with Crippen LogP contribution >= 0.6 is 0 Å². The zero-order valence-corrected chi connectivity index (χ0v) is 7.22. The van der Waals surface area contributed by atoms with Crippen molar-refractivity contribution in [2.75, 3.05) is 0 Å². The zero-order chi connectivity index (χ0) is 8.85. The first-order valence-electron chi connectivity index (χ1n) is 3.78. The van der Waals surface area contributed by atoms with E-state index in [1.54, 1.807) is 0 Å². The van der Waals surface area contributed by atoms with E-state index in [0.29, 0.717) is 0 Å². The minimum Gasteiger partial charge on any atom is -0.340 e. The van der Waals surface area contributed by atoms with Gasteiger partial charge in [-0.3, -0.25) is 4.79 Å². The van der Waals surface area contributed by atoms with Crippen molar-refractivity contribution in [3.63, 3.8) is 0 Å². The molecule has 1 amide bonds. The minimum absolute atomic E-state index is 0.142. The summed E-state index contributed by atoms with van der Waals surface area (Å²) in [6.07, 6.45) is 0.901. The molecule has 0 saturated carbocycles. The molecule has 0 aromatic heterocycles. The fraction of sp³-hybridized carbons (Fsp3) is 0.750.